The standard InChI is InChI=1S/C53H34N4/c1-4-16-35(17-5-1)46-33-39(34-47(54-46)36-18-6-2-7-19-36)57-50-27-15-11-23-41(50)44-30-29-43-40-22-10-14-26-49(40)56(52(43)53(44)57)38-28-31-51-45(32-38)42-24-12-13-25-48(42)55(51)37-20-8-3-9-21-37/h1-34H. The molecule has 0 radical (unpaired) electrons. The molecule has 0 amide bonds. The molecule has 0 aliphatic heterocycles. The first-order chi connectivity index (χ1) is 28.3. The molecule has 0 bridgehead atoms. The zero-order valence-electron chi connectivity index (χ0n) is 30.9. The Morgan fingerprint density at radius 2 is 0.684 bits per heavy atom. The van der Waals surface area contributed by atoms with Crippen molar-refractivity contribution in [1.82, 2.24) is 18.7 Å². The molecule has 4 heterocycles. The number of fused-ring (bicyclic) bond motifs is 10. The normalized spacial score (nSPS) is 11.9. The van der Waals surface area contributed by atoms with Gasteiger partial charge in [-0.3, -0.25) is 0 Å². The van der Waals surface area contributed by atoms with Gasteiger partial charge in [0.1, 0.15) is 0 Å². The number of hydrogen-bond donors (Lipinski definition) is 0. The fourth-order valence-corrected chi connectivity index (χ4v) is 9.15. The molecule has 0 aliphatic carbocycles. The van der Waals surface area contributed by atoms with Gasteiger partial charge in [-0.15, -0.1) is 0 Å². The molecule has 0 fully saturated rings. The van der Waals surface area contributed by atoms with Gasteiger partial charge in [0.05, 0.1) is 50.2 Å². The van der Waals surface area contributed by atoms with Crippen molar-refractivity contribution in [3.05, 3.63) is 206 Å². The third-order valence-corrected chi connectivity index (χ3v) is 11.6. The Balaban J connectivity index is 1.21. The molecule has 12 aromatic rings. The highest BCUT2D eigenvalue weighted by atomic mass is 15.1. The van der Waals surface area contributed by atoms with Crippen LogP contribution in [0.15, 0.2) is 206 Å². The van der Waals surface area contributed by atoms with Crippen LogP contribution in [0, 0.1) is 0 Å². The monoisotopic (exact) mass is 726 g/mol. The molecule has 0 spiro atoms. The molecule has 0 N–H and O–H groups in total. The SMILES string of the molecule is c1ccc(-c2cc(-n3c4ccccc4c4ccc5c6ccccc6n(-c6ccc7c(c6)c6ccccc6n7-c6ccccc6)c5c43)cc(-c3ccccc3)n2)cc1. The van der Waals surface area contributed by atoms with Crippen LogP contribution in [0.1, 0.15) is 0 Å². The van der Waals surface area contributed by atoms with Crippen molar-refractivity contribution < 1.29 is 0 Å². The highest BCUT2D eigenvalue weighted by Gasteiger charge is 2.23. The predicted octanol–water partition coefficient (Wildman–Crippen LogP) is 13.7. The van der Waals surface area contributed by atoms with E-state index in [4.69, 9.17) is 4.98 Å². The summed E-state index contributed by atoms with van der Waals surface area (Å²) in [4.78, 5) is 5.26. The maximum Gasteiger partial charge on any atom is 0.0788 e. The summed E-state index contributed by atoms with van der Waals surface area (Å²) in [6, 6.07) is 74.3. The Kier molecular flexibility index (Phi) is 6.89. The fourth-order valence-electron chi connectivity index (χ4n) is 9.15. The van der Waals surface area contributed by atoms with Crippen LogP contribution in [0.4, 0.5) is 0 Å². The van der Waals surface area contributed by atoms with E-state index in [-0.39, 0.29) is 0 Å². The van der Waals surface area contributed by atoms with Crippen LogP contribution < -0.4 is 0 Å². The number of pyridine rings is 1. The van der Waals surface area contributed by atoms with Crippen molar-refractivity contribution in [3.8, 4) is 39.6 Å². The second kappa shape index (κ2) is 12.4. The molecule has 8 aromatic carbocycles. The maximum absolute atomic E-state index is 5.26. The fraction of sp³-hybridized carbons (Fsp3) is 0. The minimum atomic E-state index is 0.936. The van der Waals surface area contributed by atoms with Gasteiger partial charge in [0.15, 0.2) is 0 Å². The Bertz CT molecular complexity index is 3440. The zero-order chi connectivity index (χ0) is 37.5. The first-order valence-corrected chi connectivity index (χ1v) is 19.5. The summed E-state index contributed by atoms with van der Waals surface area (Å²) in [5, 5.41) is 7.32. The molecule has 0 unspecified atom stereocenters. The Hall–Kier alpha value is -7.69. The molecule has 57 heavy (non-hydrogen) atoms. The van der Waals surface area contributed by atoms with Gasteiger partial charge in [0.2, 0.25) is 0 Å². The number of hydrogen-bond acceptors (Lipinski definition) is 1. The summed E-state index contributed by atoms with van der Waals surface area (Å²) in [6.07, 6.45) is 0. The number of nitrogens with zero attached hydrogens (tertiary/aromatic N) is 4. The van der Waals surface area contributed by atoms with Crippen LogP contribution >= 0.6 is 0 Å². The Morgan fingerprint density at radius 3 is 1.23 bits per heavy atom. The second-order valence-corrected chi connectivity index (χ2v) is 14.8. The molecular formula is C53H34N4. The average Bonchev–Trinajstić information content (AvgIpc) is 3.93. The van der Waals surface area contributed by atoms with E-state index in [0.717, 1.165) is 45.1 Å². The van der Waals surface area contributed by atoms with Crippen molar-refractivity contribution in [2.45, 2.75) is 0 Å². The molecular weight excluding hydrogens is 693 g/mol. The molecule has 0 saturated carbocycles. The topological polar surface area (TPSA) is 27.7 Å². The third-order valence-electron chi connectivity index (χ3n) is 11.6. The summed E-state index contributed by atoms with van der Waals surface area (Å²) >= 11 is 0. The average molecular weight is 727 g/mol. The molecule has 12 rings (SSSR count). The highest BCUT2D eigenvalue weighted by Crippen LogP contribution is 2.43. The zero-order valence-corrected chi connectivity index (χ0v) is 30.9. The first kappa shape index (κ1) is 31.6. The Labute approximate surface area is 328 Å². The minimum absolute atomic E-state index is 0.936. The van der Waals surface area contributed by atoms with Gasteiger partial charge in [-0.1, -0.05) is 146 Å². The van der Waals surface area contributed by atoms with Crippen molar-refractivity contribution >= 4 is 65.4 Å². The van der Waals surface area contributed by atoms with Gasteiger partial charge in [-0.05, 0) is 60.7 Å². The summed E-state index contributed by atoms with van der Waals surface area (Å²) in [6.45, 7) is 0. The van der Waals surface area contributed by atoms with Crippen molar-refractivity contribution in [2.75, 3.05) is 0 Å². The minimum Gasteiger partial charge on any atom is -0.309 e. The Morgan fingerprint density at radius 1 is 0.263 bits per heavy atom. The van der Waals surface area contributed by atoms with Crippen LogP contribution in [0.25, 0.3) is 105 Å². The lowest BCUT2D eigenvalue weighted by Gasteiger charge is -2.15. The smallest absolute Gasteiger partial charge is 0.0788 e. The molecule has 0 aliphatic rings. The van der Waals surface area contributed by atoms with Crippen molar-refractivity contribution in [1.29, 1.82) is 0 Å². The largest absolute Gasteiger partial charge is 0.309 e. The molecule has 4 aromatic heterocycles. The van der Waals surface area contributed by atoms with Crippen LogP contribution in [0.2, 0.25) is 0 Å². The lowest BCUT2D eigenvalue weighted by atomic mass is 10.1. The predicted molar refractivity (Wildman–Crippen MR) is 238 cm³/mol. The van der Waals surface area contributed by atoms with Gasteiger partial charge in [-0.25, -0.2) is 4.98 Å². The van der Waals surface area contributed by atoms with Crippen LogP contribution in [-0.4, -0.2) is 18.7 Å². The number of rotatable bonds is 5. The first-order valence-electron chi connectivity index (χ1n) is 19.5. The molecule has 0 atom stereocenters. The maximum atomic E-state index is 5.26. The third kappa shape index (κ3) is 4.77. The van der Waals surface area contributed by atoms with E-state index >= 15 is 0 Å². The van der Waals surface area contributed by atoms with Crippen molar-refractivity contribution in [2.24, 2.45) is 0 Å². The van der Waals surface area contributed by atoms with Gasteiger partial charge in [-0.2, -0.15) is 0 Å². The van der Waals surface area contributed by atoms with Gasteiger partial charge >= 0.3 is 0 Å². The summed E-state index contributed by atoms with van der Waals surface area (Å²) < 4.78 is 7.35. The van der Waals surface area contributed by atoms with Crippen molar-refractivity contribution in [3.63, 3.8) is 0 Å². The van der Waals surface area contributed by atoms with E-state index in [9.17, 15) is 0 Å². The quantitative estimate of drug-likeness (QED) is 0.174. The van der Waals surface area contributed by atoms with E-state index in [0.29, 0.717) is 0 Å². The van der Waals surface area contributed by atoms with Crippen LogP contribution in [0.5, 0.6) is 0 Å². The van der Waals surface area contributed by atoms with E-state index in [1.54, 1.807) is 0 Å². The van der Waals surface area contributed by atoms with E-state index in [2.05, 4.69) is 220 Å². The van der Waals surface area contributed by atoms with Gasteiger partial charge in [0, 0.05) is 54.8 Å². The summed E-state index contributed by atoms with van der Waals surface area (Å²) in [5.74, 6) is 0. The van der Waals surface area contributed by atoms with Gasteiger partial charge < -0.3 is 13.7 Å². The van der Waals surface area contributed by atoms with E-state index < -0.39 is 0 Å². The molecule has 4 nitrogen and oxygen atoms in total. The van der Waals surface area contributed by atoms with E-state index in [1.165, 1.54) is 59.9 Å². The van der Waals surface area contributed by atoms with Crippen LogP contribution in [-0.2, 0) is 0 Å². The molecule has 4 heteroatoms. The number of benzene rings is 8. The lowest BCUT2D eigenvalue weighted by molar-refractivity contribution is 1.14. The van der Waals surface area contributed by atoms with Crippen LogP contribution in [0.3, 0.4) is 0 Å². The number of para-hydroxylation sites is 4. The summed E-state index contributed by atoms with van der Waals surface area (Å²) in [7, 11) is 0. The lowest BCUT2D eigenvalue weighted by Crippen LogP contribution is -2.01. The molecule has 266 valence electrons. The summed E-state index contributed by atoms with van der Waals surface area (Å²) in [5.41, 5.74) is 14.4. The highest BCUT2D eigenvalue weighted by molar-refractivity contribution is 6.24. The number of aromatic nitrogens is 4. The van der Waals surface area contributed by atoms with E-state index in [1.807, 2.05) is 0 Å². The second-order valence-electron chi connectivity index (χ2n) is 14.8. The van der Waals surface area contributed by atoms with Gasteiger partial charge in [0.25, 0.3) is 0 Å². The molecule has 0 saturated heterocycles.